The highest BCUT2D eigenvalue weighted by Gasteiger charge is 2.28. The Balaban J connectivity index is 2.25. The third-order valence-electron chi connectivity index (χ3n) is 3.20. The molecule has 0 aromatic heterocycles. The average molecular weight is 245 g/mol. The molecule has 0 bridgehead atoms. The van der Waals surface area contributed by atoms with Crippen molar-refractivity contribution < 1.29 is 13.9 Å². The van der Waals surface area contributed by atoms with Crippen molar-refractivity contribution in [3.05, 3.63) is 0 Å². The zero-order chi connectivity index (χ0) is 12.8. The molecule has 0 amide bonds. The van der Waals surface area contributed by atoms with Gasteiger partial charge in [-0.15, -0.1) is 0 Å². The van der Waals surface area contributed by atoms with E-state index in [0.29, 0.717) is 38.6 Å². The molecule has 17 heavy (non-hydrogen) atoms. The molecule has 1 saturated heterocycles. The highest BCUT2D eigenvalue weighted by atomic mass is 19.1. The Labute approximate surface area is 103 Å². The van der Waals surface area contributed by atoms with Crippen LogP contribution < -0.4 is 0 Å². The summed E-state index contributed by atoms with van der Waals surface area (Å²) in [6, 6.07) is 0.383. The molecule has 1 fully saturated rings. The molecule has 0 N–H and O–H groups in total. The number of ketones is 1. The number of ether oxygens (including phenoxy) is 1. The quantitative estimate of drug-likeness (QED) is 0.671. The molecule has 100 valence electrons. The zero-order valence-electron chi connectivity index (χ0n) is 11.1. The van der Waals surface area contributed by atoms with Gasteiger partial charge in [-0.1, -0.05) is 0 Å². The van der Waals surface area contributed by atoms with E-state index in [1.165, 1.54) is 0 Å². The Hall–Kier alpha value is -0.480. The highest BCUT2D eigenvalue weighted by molar-refractivity contribution is 5.75. The number of Topliss-reactive ketones (excluding diaryl/α,β-unsaturated/α-hetero) is 1. The maximum absolute atomic E-state index is 13.5. The van der Waals surface area contributed by atoms with Crippen LogP contribution >= 0.6 is 0 Å². The monoisotopic (exact) mass is 245 g/mol. The van der Waals surface area contributed by atoms with E-state index in [-0.39, 0.29) is 11.7 Å². The van der Waals surface area contributed by atoms with E-state index in [2.05, 4.69) is 18.7 Å². The lowest BCUT2D eigenvalue weighted by Gasteiger charge is -2.37. The van der Waals surface area contributed by atoms with E-state index < -0.39 is 6.17 Å². The van der Waals surface area contributed by atoms with Crippen molar-refractivity contribution in [2.45, 2.75) is 45.8 Å². The highest BCUT2D eigenvalue weighted by Crippen LogP contribution is 2.21. The van der Waals surface area contributed by atoms with Gasteiger partial charge in [0.15, 0.2) is 0 Å². The predicted molar refractivity (Wildman–Crippen MR) is 65.8 cm³/mol. The third kappa shape index (κ3) is 5.59. The van der Waals surface area contributed by atoms with Crippen molar-refractivity contribution >= 4 is 5.78 Å². The van der Waals surface area contributed by atoms with Gasteiger partial charge in [0, 0.05) is 25.6 Å². The lowest BCUT2D eigenvalue weighted by molar-refractivity contribution is -0.118. The molecule has 1 rings (SSSR count). The van der Waals surface area contributed by atoms with E-state index in [0.717, 1.165) is 6.54 Å². The van der Waals surface area contributed by atoms with Crippen LogP contribution in [-0.4, -0.2) is 49.2 Å². The fourth-order valence-electron chi connectivity index (χ4n) is 2.18. The lowest BCUT2D eigenvalue weighted by atomic mass is 9.96. The second-order valence-electron chi connectivity index (χ2n) is 5.27. The van der Waals surface area contributed by atoms with Gasteiger partial charge in [0.05, 0.1) is 13.2 Å². The first-order valence-electron chi connectivity index (χ1n) is 6.44. The number of halogens is 1. The smallest absolute Gasteiger partial charge is 0.132 e. The molecule has 0 saturated carbocycles. The Morgan fingerprint density at radius 1 is 1.47 bits per heavy atom. The average Bonchev–Trinajstić information content (AvgIpc) is 2.23. The van der Waals surface area contributed by atoms with Crippen molar-refractivity contribution in [2.24, 2.45) is 5.92 Å². The number of rotatable bonds is 6. The topological polar surface area (TPSA) is 29.5 Å². The number of piperidine rings is 1. The van der Waals surface area contributed by atoms with E-state index in [1.807, 2.05) is 0 Å². The van der Waals surface area contributed by atoms with E-state index in [9.17, 15) is 9.18 Å². The summed E-state index contributed by atoms with van der Waals surface area (Å²) in [5.74, 6) is 0.397. The van der Waals surface area contributed by atoms with E-state index in [4.69, 9.17) is 4.74 Å². The molecule has 1 aliphatic heterocycles. The number of carbonyl (C=O) groups is 1. The SMILES string of the molecule is CC(=O)CCOCC1CC(F)CN(C(C)C)C1. The van der Waals surface area contributed by atoms with Gasteiger partial charge in [0.25, 0.3) is 0 Å². The Kier molecular flexibility index (Phi) is 6.06. The van der Waals surface area contributed by atoms with Gasteiger partial charge in [-0.05, 0) is 33.1 Å². The molecule has 4 heteroatoms. The van der Waals surface area contributed by atoms with Gasteiger partial charge in [-0.25, -0.2) is 4.39 Å². The van der Waals surface area contributed by atoms with Crippen molar-refractivity contribution in [3.63, 3.8) is 0 Å². The lowest BCUT2D eigenvalue weighted by Crippen LogP contribution is -2.46. The van der Waals surface area contributed by atoms with Crippen LogP contribution in [-0.2, 0) is 9.53 Å². The number of carbonyl (C=O) groups excluding carboxylic acids is 1. The second kappa shape index (κ2) is 7.07. The van der Waals surface area contributed by atoms with Crippen LogP contribution in [0.3, 0.4) is 0 Å². The molecule has 0 aliphatic carbocycles. The number of alkyl halides is 1. The number of hydrogen-bond acceptors (Lipinski definition) is 3. The summed E-state index contributed by atoms with van der Waals surface area (Å²) in [5, 5.41) is 0. The van der Waals surface area contributed by atoms with Crippen LogP contribution in [0.4, 0.5) is 4.39 Å². The summed E-state index contributed by atoms with van der Waals surface area (Å²) in [6.07, 6.45) is 0.302. The third-order valence-corrected chi connectivity index (χ3v) is 3.20. The molecular formula is C13H24FNO2. The molecule has 2 atom stereocenters. The Morgan fingerprint density at radius 2 is 2.18 bits per heavy atom. The van der Waals surface area contributed by atoms with Crippen molar-refractivity contribution in [3.8, 4) is 0 Å². The van der Waals surface area contributed by atoms with Gasteiger partial charge in [0.2, 0.25) is 0 Å². The fourth-order valence-corrected chi connectivity index (χ4v) is 2.18. The first-order valence-corrected chi connectivity index (χ1v) is 6.44. The van der Waals surface area contributed by atoms with Crippen LogP contribution in [0.2, 0.25) is 0 Å². The van der Waals surface area contributed by atoms with Crippen molar-refractivity contribution in [1.29, 1.82) is 0 Å². The van der Waals surface area contributed by atoms with Crippen LogP contribution in [0.1, 0.15) is 33.6 Å². The molecule has 0 spiro atoms. The zero-order valence-corrected chi connectivity index (χ0v) is 11.1. The molecule has 1 aliphatic rings. The summed E-state index contributed by atoms with van der Waals surface area (Å²) in [4.78, 5) is 12.9. The number of likely N-dealkylation sites (tertiary alicyclic amines) is 1. The van der Waals surface area contributed by atoms with Crippen molar-refractivity contribution in [1.82, 2.24) is 4.90 Å². The Morgan fingerprint density at radius 3 is 2.76 bits per heavy atom. The normalized spacial score (nSPS) is 26.4. The molecule has 0 aromatic carbocycles. The summed E-state index contributed by atoms with van der Waals surface area (Å²) in [6.45, 7) is 8.21. The Bertz CT molecular complexity index is 246. The molecule has 0 aromatic rings. The minimum Gasteiger partial charge on any atom is -0.381 e. The van der Waals surface area contributed by atoms with Crippen LogP contribution in [0.25, 0.3) is 0 Å². The van der Waals surface area contributed by atoms with Crippen molar-refractivity contribution in [2.75, 3.05) is 26.3 Å². The van der Waals surface area contributed by atoms with Crippen LogP contribution in [0, 0.1) is 5.92 Å². The predicted octanol–water partition coefficient (Wildman–Crippen LogP) is 2.05. The summed E-state index contributed by atoms with van der Waals surface area (Å²) in [5.41, 5.74) is 0. The van der Waals surface area contributed by atoms with Gasteiger partial charge in [0.1, 0.15) is 12.0 Å². The molecule has 2 unspecified atom stereocenters. The minimum absolute atomic E-state index is 0.140. The van der Waals surface area contributed by atoms with Crippen LogP contribution in [0.5, 0.6) is 0 Å². The van der Waals surface area contributed by atoms with Gasteiger partial charge >= 0.3 is 0 Å². The van der Waals surface area contributed by atoms with Gasteiger partial charge < -0.3 is 4.74 Å². The minimum atomic E-state index is -0.743. The van der Waals surface area contributed by atoms with E-state index >= 15 is 0 Å². The first-order chi connectivity index (χ1) is 7.99. The largest absolute Gasteiger partial charge is 0.381 e. The first kappa shape index (κ1) is 14.6. The summed E-state index contributed by atoms with van der Waals surface area (Å²) in [7, 11) is 0. The molecule has 3 nitrogen and oxygen atoms in total. The maximum Gasteiger partial charge on any atom is 0.132 e. The fraction of sp³-hybridized carbons (Fsp3) is 0.923. The van der Waals surface area contributed by atoms with E-state index in [1.54, 1.807) is 6.92 Å². The standard InChI is InChI=1S/C13H24FNO2/c1-10(2)15-7-12(6-13(14)8-15)9-17-5-4-11(3)16/h10,12-13H,4-9H2,1-3H3. The summed E-state index contributed by atoms with van der Waals surface area (Å²) >= 11 is 0. The van der Waals surface area contributed by atoms with Crippen LogP contribution in [0.15, 0.2) is 0 Å². The number of nitrogens with zero attached hydrogens (tertiary/aromatic N) is 1. The maximum atomic E-state index is 13.5. The number of hydrogen-bond donors (Lipinski definition) is 0. The van der Waals surface area contributed by atoms with Gasteiger partial charge in [-0.3, -0.25) is 9.69 Å². The molecule has 1 heterocycles. The van der Waals surface area contributed by atoms with Gasteiger partial charge in [-0.2, -0.15) is 0 Å². The summed E-state index contributed by atoms with van der Waals surface area (Å²) < 4.78 is 19.0. The second-order valence-corrected chi connectivity index (χ2v) is 5.27. The molecular weight excluding hydrogens is 221 g/mol. The molecule has 0 radical (unpaired) electrons.